The maximum atomic E-state index is 12.1. The molecule has 19 heavy (non-hydrogen) atoms. The van der Waals surface area contributed by atoms with Crippen molar-refractivity contribution in [3.8, 4) is 0 Å². The standard InChI is InChI=1S/C14H19BrN2O.ClH/c1-10(12-6-2-3-7-13(12)15)17-14(18)11-5-4-8-16-9-11;/h2-3,6-7,10-11,16H,4-5,8-9H2,1H3,(H,17,18);1H. The summed E-state index contributed by atoms with van der Waals surface area (Å²) in [4.78, 5) is 12.1. The second-order valence-corrected chi connectivity index (χ2v) is 5.65. The summed E-state index contributed by atoms with van der Waals surface area (Å²) in [5, 5.41) is 6.37. The average Bonchev–Trinajstić information content (AvgIpc) is 2.40. The Balaban J connectivity index is 0.00000180. The van der Waals surface area contributed by atoms with Crippen LogP contribution in [-0.2, 0) is 4.79 Å². The number of hydrogen-bond donors (Lipinski definition) is 2. The fourth-order valence-electron chi connectivity index (χ4n) is 2.31. The molecule has 0 aromatic heterocycles. The van der Waals surface area contributed by atoms with E-state index in [-0.39, 0.29) is 30.3 Å². The van der Waals surface area contributed by atoms with Crippen LogP contribution >= 0.6 is 28.3 Å². The summed E-state index contributed by atoms with van der Waals surface area (Å²) >= 11 is 3.52. The number of rotatable bonds is 3. The summed E-state index contributed by atoms with van der Waals surface area (Å²) in [5.74, 6) is 0.272. The summed E-state index contributed by atoms with van der Waals surface area (Å²) in [6.07, 6.45) is 2.07. The lowest BCUT2D eigenvalue weighted by molar-refractivity contribution is -0.126. The van der Waals surface area contributed by atoms with Crippen molar-refractivity contribution in [2.75, 3.05) is 13.1 Å². The van der Waals surface area contributed by atoms with Gasteiger partial charge < -0.3 is 10.6 Å². The molecule has 3 nitrogen and oxygen atoms in total. The molecule has 0 aliphatic carbocycles. The van der Waals surface area contributed by atoms with Crippen molar-refractivity contribution < 1.29 is 4.79 Å². The van der Waals surface area contributed by atoms with Crippen molar-refractivity contribution in [2.24, 2.45) is 5.92 Å². The molecule has 0 spiro atoms. The molecular weight excluding hydrogens is 328 g/mol. The van der Waals surface area contributed by atoms with Gasteiger partial charge in [0.2, 0.25) is 5.91 Å². The first-order valence-corrected chi connectivity index (χ1v) is 7.23. The topological polar surface area (TPSA) is 41.1 Å². The van der Waals surface area contributed by atoms with E-state index in [1.165, 1.54) is 0 Å². The predicted octanol–water partition coefficient (Wildman–Crippen LogP) is 3.05. The number of nitrogens with one attached hydrogen (secondary N) is 2. The molecule has 5 heteroatoms. The van der Waals surface area contributed by atoms with Crippen LogP contribution in [0.25, 0.3) is 0 Å². The van der Waals surface area contributed by atoms with Gasteiger partial charge in [-0.25, -0.2) is 0 Å². The second-order valence-electron chi connectivity index (χ2n) is 4.80. The Morgan fingerprint density at radius 1 is 1.47 bits per heavy atom. The molecule has 1 saturated heterocycles. The Hall–Kier alpha value is -0.580. The highest BCUT2D eigenvalue weighted by Gasteiger charge is 2.22. The Morgan fingerprint density at radius 2 is 2.21 bits per heavy atom. The maximum absolute atomic E-state index is 12.1. The normalized spacial score (nSPS) is 20.2. The number of carbonyl (C=O) groups excluding carboxylic acids is 1. The van der Waals surface area contributed by atoms with Crippen molar-refractivity contribution in [3.63, 3.8) is 0 Å². The smallest absolute Gasteiger partial charge is 0.224 e. The van der Waals surface area contributed by atoms with Crippen LogP contribution in [0.5, 0.6) is 0 Å². The molecule has 1 aliphatic heterocycles. The molecule has 2 N–H and O–H groups in total. The lowest BCUT2D eigenvalue weighted by atomic mass is 9.98. The van der Waals surface area contributed by atoms with Gasteiger partial charge in [-0.05, 0) is 37.9 Å². The van der Waals surface area contributed by atoms with Crippen molar-refractivity contribution >= 4 is 34.2 Å². The van der Waals surface area contributed by atoms with Crippen LogP contribution in [0.2, 0.25) is 0 Å². The minimum Gasteiger partial charge on any atom is -0.349 e. The number of amides is 1. The van der Waals surface area contributed by atoms with Gasteiger partial charge in [-0.3, -0.25) is 4.79 Å². The van der Waals surface area contributed by atoms with Crippen molar-refractivity contribution in [1.82, 2.24) is 10.6 Å². The third kappa shape index (κ3) is 4.48. The van der Waals surface area contributed by atoms with Gasteiger partial charge in [-0.2, -0.15) is 0 Å². The molecule has 0 saturated carbocycles. The Bertz CT molecular complexity index is 422. The van der Waals surface area contributed by atoms with E-state index in [1.54, 1.807) is 0 Å². The van der Waals surface area contributed by atoms with Crippen LogP contribution in [0.3, 0.4) is 0 Å². The minimum atomic E-state index is 0. The summed E-state index contributed by atoms with van der Waals surface area (Å²) < 4.78 is 1.04. The SMILES string of the molecule is CC(NC(=O)C1CCCNC1)c1ccccc1Br.Cl. The van der Waals surface area contributed by atoms with Gasteiger partial charge in [0.1, 0.15) is 0 Å². The average molecular weight is 348 g/mol. The lowest BCUT2D eigenvalue weighted by Crippen LogP contribution is -2.41. The molecule has 2 atom stereocenters. The molecule has 1 amide bonds. The van der Waals surface area contributed by atoms with Crippen LogP contribution in [0, 0.1) is 5.92 Å². The minimum absolute atomic E-state index is 0. The molecule has 106 valence electrons. The van der Waals surface area contributed by atoms with E-state index in [1.807, 2.05) is 31.2 Å². The van der Waals surface area contributed by atoms with Crippen LogP contribution in [0.15, 0.2) is 28.7 Å². The van der Waals surface area contributed by atoms with Crippen LogP contribution in [-0.4, -0.2) is 19.0 Å². The van der Waals surface area contributed by atoms with E-state index in [9.17, 15) is 4.79 Å². The van der Waals surface area contributed by atoms with Crippen LogP contribution < -0.4 is 10.6 Å². The highest BCUT2D eigenvalue weighted by Crippen LogP contribution is 2.23. The third-order valence-electron chi connectivity index (χ3n) is 3.40. The lowest BCUT2D eigenvalue weighted by Gasteiger charge is -2.24. The largest absolute Gasteiger partial charge is 0.349 e. The number of piperidine rings is 1. The predicted molar refractivity (Wildman–Crippen MR) is 83.5 cm³/mol. The van der Waals surface area contributed by atoms with E-state index in [0.29, 0.717) is 0 Å². The monoisotopic (exact) mass is 346 g/mol. The van der Waals surface area contributed by atoms with E-state index >= 15 is 0 Å². The molecule has 0 radical (unpaired) electrons. The summed E-state index contributed by atoms with van der Waals surface area (Å²) in [7, 11) is 0. The van der Waals surface area contributed by atoms with Crippen molar-refractivity contribution in [2.45, 2.75) is 25.8 Å². The summed E-state index contributed by atoms with van der Waals surface area (Å²) in [5.41, 5.74) is 1.12. The quantitative estimate of drug-likeness (QED) is 0.882. The number of halogens is 2. The van der Waals surface area contributed by atoms with E-state index < -0.39 is 0 Å². The summed E-state index contributed by atoms with van der Waals surface area (Å²) in [6, 6.07) is 8.04. The van der Waals surface area contributed by atoms with Crippen molar-refractivity contribution in [1.29, 1.82) is 0 Å². The highest BCUT2D eigenvalue weighted by molar-refractivity contribution is 9.10. The first kappa shape index (κ1) is 16.5. The van der Waals surface area contributed by atoms with E-state index in [0.717, 1.165) is 36.0 Å². The van der Waals surface area contributed by atoms with Gasteiger partial charge in [0, 0.05) is 11.0 Å². The van der Waals surface area contributed by atoms with Gasteiger partial charge in [-0.15, -0.1) is 12.4 Å². The number of carbonyl (C=O) groups is 1. The fraction of sp³-hybridized carbons (Fsp3) is 0.500. The molecule has 0 bridgehead atoms. The number of hydrogen-bond acceptors (Lipinski definition) is 2. The zero-order valence-corrected chi connectivity index (χ0v) is 13.4. The molecule has 2 rings (SSSR count). The Kier molecular flexibility index (Phi) is 6.83. The highest BCUT2D eigenvalue weighted by atomic mass is 79.9. The van der Waals surface area contributed by atoms with Gasteiger partial charge in [0.05, 0.1) is 12.0 Å². The van der Waals surface area contributed by atoms with Crippen molar-refractivity contribution in [3.05, 3.63) is 34.3 Å². The molecule has 1 heterocycles. The van der Waals surface area contributed by atoms with Gasteiger partial charge in [-0.1, -0.05) is 34.1 Å². The molecular formula is C14H20BrClN2O. The Morgan fingerprint density at radius 3 is 2.84 bits per heavy atom. The van der Waals surface area contributed by atoms with Crippen LogP contribution in [0.1, 0.15) is 31.4 Å². The van der Waals surface area contributed by atoms with Gasteiger partial charge in [0.25, 0.3) is 0 Å². The zero-order chi connectivity index (χ0) is 13.0. The first-order chi connectivity index (χ1) is 8.68. The summed E-state index contributed by atoms with van der Waals surface area (Å²) in [6.45, 7) is 3.85. The molecule has 2 unspecified atom stereocenters. The molecule has 1 aliphatic rings. The van der Waals surface area contributed by atoms with Gasteiger partial charge >= 0.3 is 0 Å². The van der Waals surface area contributed by atoms with E-state index in [4.69, 9.17) is 0 Å². The fourth-order valence-corrected chi connectivity index (χ4v) is 2.94. The van der Waals surface area contributed by atoms with E-state index in [2.05, 4.69) is 26.6 Å². The Labute approximate surface area is 129 Å². The maximum Gasteiger partial charge on any atom is 0.224 e. The third-order valence-corrected chi connectivity index (χ3v) is 4.12. The van der Waals surface area contributed by atoms with Gasteiger partial charge in [0.15, 0.2) is 0 Å². The molecule has 1 aromatic rings. The second kappa shape index (κ2) is 7.88. The first-order valence-electron chi connectivity index (χ1n) is 6.44. The number of benzene rings is 1. The van der Waals surface area contributed by atoms with Crippen LogP contribution in [0.4, 0.5) is 0 Å². The molecule has 1 aromatic carbocycles. The zero-order valence-electron chi connectivity index (χ0n) is 11.0. The molecule has 1 fully saturated rings.